The van der Waals surface area contributed by atoms with Crippen LogP contribution in [-0.4, -0.2) is 46.7 Å². The first-order valence-corrected chi connectivity index (χ1v) is 6.57. The average Bonchev–Trinajstić information content (AvgIpc) is 3.21. The van der Waals surface area contributed by atoms with E-state index in [4.69, 9.17) is 9.84 Å². The summed E-state index contributed by atoms with van der Waals surface area (Å²) in [6.45, 7) is 1.37. The lowest BCUT2D eigenvalue weighted by Gasteiger charge is -2.14. The molecule has 2 rings (SSSR count). The number of amides is 1. The monoisotopic (exact) mass is 295 g/mol. The Morgan fingerprint density at radius 3 is 2.67 bits per heavy atom. The molecule has 1 aromatic rings. The molecule has 21 heavy (non-hydrogen) atoms. The molecule has 1 amide bonds. The zero-order chi connectivity index (χ0) is 15.6. The Hall–Kier alpha value is -2.22. The molecule has 1 aromatic heterocycles. The Morgan fingerprint density at radius 1 is 1.52 bits per heavy atom. The van der Waals surface area contributed by atoms with Gasteiger partial charge in [0, 0.05) is 13.0 Å². The Morgan fingerprint density at radius 2 is 2.19 bits per heavy atom. The van der Waals surface area contributed by atoms with Crippen molar-refractivity contribution in [2.45, 2.75) is 31.7 Å². The van der Waals surface area contributed by atoms with Gasteiger partial charge in [-0.25, -0.2) is 9.78 Å². The fraction of sp³-hybridized carbons (Fsp3) is 0.538. The van der Waals surface area contributed by atoms with Crippen molar-refractivity contribution in [2.75, 3.05) is 13.7 Å². The van der Waals surface area contributed by atoms with Crippen molar-refractivity contribution in [3.05, 3.63) is 27.4 Å². The van der Waals surface area contributed by atoms with E-state index < -0.39 is 23.5 Å². The van der Waals surface area contributed by atoms with Gasteiger partial charge in [-0.1, -0.05) is 0 Å². The van der Waals surface area contributed by atoms with Gasteiger partial charge in [0.25, 0.3) is 11.5 Å². The lowest BCUT2D eigenvalue weighted by atomic mass is 10.2. The van der Waals surface area contributed by atoms with Crippen molar-refractivity contribution in [1.29, 1.82) is 0 Å². The van der Waals surface area contributed by atoms with E-state index in [1.54, 1.807) is 6.92 Å². The maximum Gasteiger partial charge on any atom is 0.328 e. The summed E-state index contributed by atoms with van der Waals surface area (Å²) in [5.74, 6) is -1.16. The van der Waals surface area contributed by atoms with E-state index in [2.05, 4.69) is 15.3 Å². The number of aliphatic carboxylic acids is 1. The molecule has 1 atom stereocenters. The van der Waals surface area contributed by atoms with Gasteiger partial charge in [-0.3, -0.25) is 9.59 Å². The first-order chi connectivity index (χ1) is 9.93. The molecule has 0 saturated heterocycles. The number of aromatic nitrogens is 2. The van der Waals surface area contributed by atoms with Crippen molar-refractivity contribution in [2.24, 2.45) is 0 Å². The molecule has 1 heterocycles. The minimum atomic E-state index is -1.23. The molecule has 0 aliphatic heterocycles. The van der Waals surface area contributed by atoms with Gasteiger partial charge >= 0.3 is 5.97 Å². The van der Waals surface area contributed by atoms with Crippen LogP contribution < -0.4 is 10.9 Å². The summed E-state index contributed by atoms with van der Waals surface area (Å²) < 4.78 is 4.72. The Balaban J connectivity index is 2.22. The molecule has 0 bridgehead atoms. The summed E-state index contributed by atoms with van der Waals surface area (Å²) in [7, 11) is 1.33. The number of carboxylic acids is 1. The molecule has 1 aliphatic carbocycles. The highest BCUT2D eigenvalue weighted by Crippen LogP contribution is 2.37. The van der Waals surface area contributed by atoms with Crippen LogP contribution in [0.5, 0.6) is 0 Å². The molecule has 1 unspecified atom stereocenters. The fourth-order valence-corrected chi connectivity index (χ4v) is 2.00. The summed E-state index contributed by atoms with van der Waals surface area (Å²) in [5.41, 5.74) is -0.426. The number of rotatable bonds is 6. The van der Waals surface area contributed by atoms with Crippen molar-refractivity contribution in [3.8, 4) is 0 Å². The smallest absolute Gasteiger partial charge is 0.328 e. The lowest BCUT2D eigenvalue weighted by molar-refractivity contribution is -0.140. The molecule has 3 N–H and O–H groups in total. The number of hydrogen-bond donors (Lipinski definition) is 3. The Bertz CT molecular complexity index is 621. The second-order valence-electron chi connectivity index (χ2n) is 5.01. The number of methoxy groups -OCH3 is 1. The maximum absolute atomic E-state index is 12.1. The SMILES string of the molecule is COCC(NC(=O)c1c(C)nc(C2CC2)[nH]c1=O)C(=O)O. The van der Waals surface area contributed by atoms with Crippen LogP contribution >= 0.6 is 0 Å². The van der Waals surface area contributed by atoms with Crippen LogP contribution in [0, 0.1) is 6.92 Å². The molecule has 1 aliphatic rings. The second-order valence-corrected chi connectivity index (χ2v) is 5.01. The highest BCUT2D eigenvalue weighted by molar-refractivity contribution is 5.97. The van der Waals surface area contributed by atoms with E-state index in [9.17, 15) is 14.4 Å². The predicted molar refractivity (Wildman–Crippen MR) is 72.3 cm³/mol. The van der Waals surface area contributed by atoms with Crippen LogP contribution in [0.25, 0.3) is 0 Å². The standard InChI is InChI=1S/C13H17N3O5/c1-6-9(11(17)15-8(5-21-2)13(19)20)12(18)16-10(14-6)7-3-4-7/h7-8H,3-5H2,1-2H3,(H,15,17)(H,19,20)(H,14,16,18). The Kier molecular flexibility index (Phi) is 4.37. The van der Waals surface area contributed by atoms with E-state index in [0.717, 1.165) is 12.8 Å². The number of nitrogens with one attached hydrogen (secondary N) is 2. The van der Waals surface area contributed by atoms with Crippen LogP contribution in [0.3, 0.4) is 0 Å². The van der Waals surface area contributed by atoms with Crippen molar-refractivity contribution in [1.82, 2.24) is 15.3 Å². The molecule has 0 spiro atoms. The number of carbonyl (C=O) groups excluding carboxylic acids is 1. The van der Waals surface area contributed by atoms with Crippen LogP contribution in [0.1, 0.15) is 40.6 Å². The molecular formula is C13H17N3O5. The number of ether oxygens (including phenoxy) is 1. The topological polar surface area (TPSA) is 121 Å². The quantitative estimate of drug-likeness (QED) is 0.667. The fourth-order valence-electron chi connectivity index (χ4n) is 2.00. The molecule has 1 saturated carbocycles. The van der Waals surface area contributed by atoms with Gasteiger partial charge < -0.3 is 20.1 Å². The second kappa shape index (κ2) is 6.04. The van der Waals surface area contributed by atoms with E-state index in [0.29, 0.717) is 11.5 Å². The third kappa shape index (κ3) is 3.46. The van der Waals surface area contributed by atoms with E-state index in [1.165, 1.54) is 7.11 Å². The van der Waals surface area contributed by atoms with E-state index >= 15 is 0 Å². The minimum absolute atomic E-state index is 0.165. The van der Waals surface area contributed by atoms with Crippen LogP contribution in [-0.2, 0) is 9.53 Å². The van der Waals surface area contributed by atoms with Gasteiger partial charge in [-0.05, 0) is 19.8 Å². The van der Waals surface area contributed by atoms with Crippen molar-refractivity contribution >= 4 is 11.9 Å². The van der Waals surface area contributed by atoms with Gasteiger partial charge in [-0.2, -0.15) is 0 Å². The van der Waals surface area contributed by atoms with Gasteiger partial charge in [0.1, 0.15) is 11.4 Å². The number of aromatic amines is 1. The summed E-state index contributed by atoms with van der Waals surface area (Å²) >= 11 is 0. The number of aryl methyl sites for hydroxylation is 1. The molecule has 114 valence electrons. The zero-order valence-electron chi connectivity index (χ0n) is 11.8. The number of carbonyl (C=O) groups is 2. The first kappa shape index (κ1) is 15.2. The van der Waals surface area contributed by atoms with E-state index in [1.807, 2.05) is 0 Å². The summed E-state index contributed by atoms with van der Waals surface area (Å²) in [6.07, 6.45) is 1.95. The number of H-pyrrole nitrogens is 1. The lowest BCUT2D eigenvalue weighted by Crippen LogP contribution is -2.45. The molecule has 0 radical (unpaired) electrons. The molecule has 0 aromatic carbocycles. The third-order valence-corrected chi connectivity index (χ3v) is 3.25. The summed E-state index contributed by atoms with van der Waals surface area (Å²) in [6, 6.07) is -1.22. The van der Waals surface area contributed by atoms with Crippen LogP contribution in [0.2, 0.25) is 0 Å². The van der Waals surface area contributed by atoms with E-state index in [-0.39, 0.29) is 18.1 Å². The normalized spacial score (nSPS) is 15.5. The maximum atomic E-state index is 12.1. The van der Waals surface area contributed by atoms with Gasteiger partial charge in [-0.15, -0.1) is 0 Å². The summed E-state index contributed by atoms with van der Waals surface area (Å²) in [4.78, 5) is 41.9. The minimum Gasteiger partial charge on any atom is -0.480 e. The third-order valence-electron chi connectivity index (χ3n) is 3.25. The zero-order valence-corrected chi connectivity index (χ0v) is 11.8. The highest BCUT2D eigenvalue weighted by Gasteiger charge is 2.29. The molecule has 1 fully saturated rings. The Labute approximate surface area is 120 Å². The largest absolute Gasteiger partial charge is 0.480 e. The van der Waals surface area contributed by atoms with Gasteiger partial charge in [0.15, 0.2) is 6.04 Å². The number of hydrogen-bond acceptors (Lipinski definition) is 5. The number of nitrogens with zero attached hydrogens (tertiary/aromatic N) is 1. The molecule has 8 heteroatoms. The highest BCUT2D eigenvalue weighted by atomic mass is 16.5. The molecule has 8 nitrogen and oxygen atoms in total. The predicted octanol–water partition coefficient (Wildman–Crippen LogP) is -0.215. The number of carboxylic acid groups (broad SMARTS) is 1. The molecular weight excluding hydrogens is 278 g/mol. The van der Waals surface area contributed by atoms with Gasteiger partial charge in [0.2, 0.25) is 0 Å². The summed E-state index contributed by atoms with van der Waals surface area (Å²) in [5, 5.41) is 11.2. The van der Waals surface area contributed by atoms with Crippen molar-refractivity contribution in [3.63, 3.8) is 0 Å². The van der Waals surface area contributed by atoms with Crippen molar-refractivity contribution < 1.29 is 19.4 Å². The first-order valence-electron chi connectivity index (χ1n) is 6.57. The van der Waals surface area contributed by atoms with Gasteiger partial charge in [0.05, 0.1) is 12.3 Å². The average molecular weight is 295 g/mol. The van der Waals surface area contributed by atoms with Crippen LogP contribution in [0.15, 0.2) is 4.79 Å². The van der Waals surface area contributed by atoms with Crippen LogP contribution in [0.4, 0.5) is 0 Å².